The van der Waals surface area contributed by atoms with E-state index in [2.05, 4.69) is 20.6 Å². The molecule has 0 bridgehead atoms. The number of nitrogens with zero attached hydrogens (tertiary/aromatic N) is 2. The van der Waals surface area contributed by atoms with Gasteiger partial charge in [0.15, 0.2) is 5.75 Å². The monoisotopic (exact) mass is 464 g/mol. The van der Waals surface area contributed by atoms with E-state index in [9.17, 15) is 14.4 Å². The van der Waals surface area contributed by atoms with Gasteiger partial charge in [-0.05, 0) is 38.0 Å². The summed E-state index contributed by atoms with van der Waals surface area (Å²) in [5, 5.41) is 5.77. The predicted octanol–water partition coefficient (Wildman–Crippen LogP) is 2.91. The van der Waals surface area contributed by atoms with E-state index < -0.39 is 17.2 Å². The lowest BCUT2D eigenvalue weighted by Crippen LogP contribution is -2.41. The Morgan fingerprint density at radius 3 is 2.39 bits per heavy atom. The third-order valence-electron chi connectivity index (χ3n) is 5.17. The smallest absolute Gasteiger partial charge is 0.234 e. The molecule has 8 nitrogen and oxygen atoms in total. The fourth-order valence-corrected chi connectivity index (χ4v) is 4.09. The molecule has 3 rings (SSSR count). The summed E-state index contributed by atoms with van der Waals surface area (Å²) < 4.78 is 5.04. The van der Waals surface area contributed by atoms with Crippen LogP contribution in [0.25, 0.3) is 0 Å². The number of hydrogen-bond donors (Lipinski definition) is 2. The largest absolute Gasteiger partial charge is 0.494 e. The van der Waals surface area contributed by atoms with Crippen molar-refractivity contribution < 1.29 is 19.1 Å². The number of carbonyl (C=O) groups is 3. The van der Waals surface area contributed by atoms with Crippen molar-refractivity contribution in [3.05, 3.63) is 51.5 Å². The molecule has 1 unspecified atom stereocenters. The molecule has 0 aliphatic carbocycles. The van der Waals surface area contributed by atoms with Crippen LogP contribution >= 0.6 is 23.2 Å². The molecular formula is C21H22Cl2N4O4. The van der Waals surface area contributed by atoms with Gasteiger partial charge in [-0.15, -0.1) is 0 Å². The standard InChI is InChI=1S/C21H22Cl2N4O4/c1-21(2,19-24-9-12(31-3)10-25-19)20(30)26-8-11-6-14(22)17(15(23)7-11)13-4-5-16(28)27-18(13)29/h6-7,9-10,13H,4-5,8H2,1-3H3,(H,26,30)(H,27,28,29). The molecule has 1 aromatic heterocycles. The summed E-state index contributed by atoms with van der Waals surface area (Å²) in [6.45, 7) is 3.61. The number of nitrogens with one attached hydrogen (secondary N) is 2. The summed E-state index contributed by atoms with van der Waals surface area (Å²) in [7, 11) is 1.51. The molecule has 10 heteroatoms. The predicted molar refractivity (Wildman–Crippen MR) is 115 cm³/mol. The molecule has 1 saturated heterocycles. The highest BCUT2D eigenvalue weighted by molar-refractivity contribution is 6.36. The summed E-state index contributed by atoms with van der Waals surface area (Å²) in [5.74, 6) is -0.735. The molecule has 1 fully saturated rings. The summed E-state index contributed by atoms with van der Waals surface area (Å²) in [6, 6.07) is 3.31. The van der Waals surface area contributed by atoms with Crippen molar-refractivity contribution >= 4 is 40.9 Å². The number of ether oxygens (including phenoxy) is 1. The quantitative estimate of drug-likeness (QED) is 0.635. The average molecular weight is 465 g/mol. The van der Waals surface area contributed by atoms with Crippen LogP contribution in [-0.4, -0.2) is 34.8 Å². The number of hydrogen-bond acceptors (Lipinski definition) is 6. The second kappa shape index (κ2) is 9.20. The third kappa shape index (κ3) is 4.97. The fourth-order valence-electron chi connectivity index (χ4n) is 3.29. The van der Waals surface area contributed by atoms with Crippen molar-refractivity contribution in [3.63, 3.8) is 0 Å². The van der Waals surface area contributed by atoms with E-state index >= 15 is 0 Å². The lowest BCUT2D eigenvalue weighted by Gasteiger charge is -2.24. The van der Waals surface area contributed by atoms with Crippen molar-refractivity contribution in [3.8, 4) is 5.75 Å². The number of rotatable bonds is 6. The summed E-state index contributed by atoms with van der Waals surface area (Å²) in [6.07, 6.45) is 3.58. The minimum absolute atomic E-state index is 0.174. The first-order valence-corrected chi connectivity index (χ1v) is 10.4. The molecule has 1 aliphatic rings. The highest BCUT2D eigenvalue weighted by Gasteiger charge is 2.33. The zero-order valence-electron chi connectivity index (χ0n) is 17.3. The first kappa shape index (κ1) is 23.0. The summed E-state index contributed by atoms with van der Waals surface area (Å²) in [5.41, 5.74) is 0.174. The molecule has 2 aromatic rings. The van der Waals surface area contributed by atoms with E-state index in [1.54, 1.807) is 26.0 Å². The Morgan fingerprint density at radius 2 is 1.84 bits per heavy atom. The number of aromatic nitrogens is 2. The molecule has 1 aliphatic heterocycles. The Hall–Kier alpha value is -2.71. The van der Waals surface area contributed by atoms with E-state index in [-0.39, 0.29) is 24.8 Å². The van der Waals surface area contributed by atoms with Crippen LogP contribution in [0.15, 0.2) is 24.5 Å². The molecule has 31 heavy (non-hydrogen) atoms. The van der Waals surface area contributed by atoms with Gasteiger partial charge in [0.05, 0.1) is 25.4 Å². The normalized spacial score (nSPS) is 16.6. The van der Waals surface area contributed by atoms with E-state index in [0.717, 1.165) is 0 Å². The minimum atomic E-state index is -0.980. The average Bonchev–Trinajstić information content (AvgIpc) is 2.73. The molecule has 164 valence electrons. The zero-order valence-corrected chi connectivity index (χ0v) is 18.8. The second-order valence-corrected chi connectivity index (χ2v) is 8.55. The molecule has 0 saturated carbocycles. The van der Waals surface area contributed by atoms with E-state index in [0.29, 0.717) is 39.2 Å². The van der Waals surface area contributed by atoms with Crippen LogP contribution in [0.4, 0.5) is 0 Å². The number of carbonyl (C=O) groups excluding carboxylic acids is 3. The van der Waals surface area contributed by atoms with Gasteiger partial charge < -0.3 is 10.1 Å². The number of amides is 3. The number of halogens is 2. The van der Waals surface area contributed by atoms with Gasteiger partial charge in [-0.2, -0.15) is 0 Å². The van der Waals surface area contributed by atoms with E-state index in [1.807, 2.05) is 0 Å². The topological polar surface area (TPSA) is 110 Å². The first-order valence-electron chi connectivity index (χ1n) is 9.59. The lowest BCUT2D eigenvalue weighted by molar-refractivity contribution is -0.134. The first-order chi connectivity index (χ1) is 14.6. The molecule has 3 amide bonds. The summed E-state index contributed by atoms with van der Waals surface area (Å²) >= 11 is 12.8. The van der Waals surface area contributed by atoms with Crippen molar-refractivity contribution in [1.29, 1.82) is 0 Å². The second-order valence-electron chi connectivity index (χ2n) is 7.73. The van der Waals surface area contributed by atoms with Gasteiger partial charge in [0.25, 0.3) is 0 Å². The van der Waals surface area contributed by atoms with Gasteiger partial charge in [0, 0.05) is 28.6 Å². The van der Waals surface area contributed by atoms with Crippen LogP contribution in [0.5, 0.6) is 5.75 Å². The van der Waals surface area contributed by atoms with Crippen LogP contribution in [0.2, 0.25) is 10.0 Å². The molecule has 1 aromatic carbocycles. The maximum Gasteiger partial charge on any atom is 0.234 e. The van der Waals surface area contributed by atoms with Gasteiger partial charge in [-0.25, -0.2) is 9.97 Å². The van der Waals surface area contributed by atoms with Crippen LogP contribution in [-0.2, 0) is 26.3 Å². The third-order valence-corrected chi connectivity index (χ3v) is 5.80. The Bertz CT molecular complexity index is 1000. The van der Waals surface area contributed by atoms with Gasteiger partial charge in [0.1, 0.15) is 11.2 Å². The van der Waals surface area contributed by atoms with Gasteiger partial charge in [0.2, 0.25) is 17.7 Å². The molecule has 1 atom stereocenters. The van der Waals surface area contributed by atoms with E-state index in [4.69, 9.17) is 27.9 Å². The number of benzene rings is 1. The number of imide groups is 1. The Kier molecular flexibility index (Phi) is 6.81. The van der Waals surface area contributed by atoms with Gasteiger partial charge in [-0.3, -0.25) is 19.7 Å². The highest BCUT2D eigenvalue weighted by Crippen LogP contribution is 2.37. The van der Waals surface area contributed by atoms with Crippen molar-refractivity contribution in [2.24, 2.45) is 0 Å². The van der Waals surface area contributed by atoms with Crippen LogP contribution in [0, 0.1) is 0 Å². The maximum atomic E-state index is 12.8. The van der Waals surface area contributed by atoms with Crippen LogP contribution < -0.4 is 15.4 Å². The molecule has 2 N–H and O–H groups in total. The van der Waals surface area contributed by atoms with Crippen molar-refractivity contribution in [2.75, 3.05) is 7.11 Å². The Morgan fingerprint density at radius 1 is 1.23 bits per heavy atom. The molecular weight excluding hydrogens is 443 g/mol. The van der Waals surface area contributed by atoms with E-state index in [1.165, 1.54) is 19.5 Å². The van der Waals surface area contributed by atoms with Gasteiger partial charge >= 0.3 is 0 Å². The molecule has 2 heterocycles. The lowest BCUT2D eigenvalue weighted by atomic mass is 9.89. The van der Waals surface area contributed by atoms with Crippen LogP contribution in [0.1, 0.15) is 49.6 Å². The van der Waals surface area contributed by atoms with Gasteiger partial charge in [-0.1, -0.05) is 23.2 Å². The number of methoxy groups -OCH3 is 1. The molecule has 0 spiro atoms. The number of piperidine rings is 1. The molecule has 0 radical (unpaired) electrons. The Balaban J connectivity index is 1.72. The van der Waals surface area contributed by atoms with Crippen molar-refractivity contribution in [1.82, 2.24) is 20.6 Å². The van der Waals surface area contributed by atoms with Crippen LogP contribution in [0.3, 0.4) is 0 Å². The highest BCUT2D eigenvalue weighted by atomic mass is 35.5. The minimum Gasteiger partial charge on any atom is -0.494 e. The summed E-state index contributed by atoms with van der Waals surface area (Å²) in [4.78, 5) is 44.7. The SMILES string of the molecule is COc1cnc(C(C)(C)C(=O)NCc2cc(Cl)c(C3CCC(=O)NC3=O)c(Cl)c2)nc1. The maximum absolute atomic E-state index is 12.8. The van der Waals surface area contributed by atoms with Crippen molar-refractivity contribution in [2.45, 2.75) is 44.6 Å². The fraction of sp³-hybridized carbons (Fsp3) is 0.381. The zero-order chi connectivity index (χ0) is 22.8. The Labute approximate surface area is 189 Å².